The SMILES string of the molecule is O=S1(=O)OS2(O1)C(=S)Nc1ccccc12. The molecule has 2 aliphatic heterocycles. The number of nitrogens with one attached hydrogen (secondary N) is 1. The Balaban J connectivity index is 2.16. The van der Waals surface area contributed by atoms with Gasteiger partial charge in [0, 0.05) is 0 Å². The highest BCUT2D eigenvalue weighted by Gasteiger charge is 2.54. The van der Waals surface area contributed by atoms with Crippen LogP contribution in [-0.4, -0.2) is 12.7 Å². The van der Waals surface area contributed by atoms with E-state index in [1.54, 1.807) is 18.2 Å². The molecule has 8 heteroatoms. The third-order valence-corrected chi connectivity index (χ3v) is 7.17. The number of anilines is 1. The smallest absolute Gasteiger partial charge is 0.331 e. The predicted molar refractivity (Wildman–Crippen MR) is 59.6 cm³/mol. The van der Waals surface area contributed by atoms with E-state index in [4.69, 9.17) is 19.5 Å². The summed E-state index contributed by atoms with van der Waals surface area (Å²) in [6.07, 6.45) is 0. The molecule has 1 aromatic carbocycles. The molecule has 0 radical (unpaired) electrons. The second kappa shape index (κ2) is 2.71. The Morgan fingerprint density at radius 3 is 2.53 bits per heavy atom. The highest BCUT2D eigenvalue weighted by Crippen LogP contribution is 2.72. The second-order valence-electron chi connectivity index (χ2n) is 2.96. The molecule has 3 rings (SSSR count). The summed E-state index contributed by atoms with van der Waals surface area (Å²) in [5.41, 5.74) is 0.743. The maximum absolute atomic E-state index is 10.9. The summed E-state index contributed by atoms with van der Waals surface area (Å²) < 4.78 is 31.8. The minimum absolute atomic E-state index is 0.290. The van der Waals surface area contributed by atoms with E-state index in [1.165, 1.54) is 0 Å². The van der Waals surface area contributed by atoms with E-state index in [2.05, 4.69) is 5.32 Å². The van der Waals surface area contributed by atoms with Crippen LogP contribution >= 0.6 is 22.8 Å². The predicted octanol–water partition coefficient (Wildman–Crippen LogP) is 1.68. The van der Waals surface area contributed by atoms with Gasteiger partial charge in [-0.15, -0.1) is 7.26 Å². The molecular weight excluding hydrogens is 258 g/mol. The number of thiocarbonyl (C=S) groups is 1. The maximum Gasteiger partial charge on any atom is 0.438 e. The summed E-state index contributed by atoms with van der Waals surface area (Å²) >= 11 is 5.02. The fraction of sp³-hybridized carbons (Fsp3) is 0. The van der Waals surface area contributed by atoms with Gasteiger partial charge in [0.1, 0.15) is 0 Å². The van der Waals surface area contributed by atoms with Gasteiger partial charge in [-0.2, -0.15) is 8.42 Å². The number of fused-ring (bicyclic) bond motifs is 2. The van der Waals surface area contributed by atoms with E-state index in [9.17, 15) is 8.42 Å². The van der Waals surface area contributed by atoms with Crippen LogP contribution in [0, 0.1) is 0 Å². The Bertz CT molecular complexity index is 555. The molecule has 0 unspecified atom stereocenters. The monoisotopic (exact) mass is 263 g/mol. The molecule has 0 bridgehead atoms. The molecule has 15 heavy (non-hydrogen) atoms. The fourth-order valence-corrected chi connectivity index (χ4v) is 6.45. The Hall–Kier alpha value is -0.670. The molecule has 0 aromatic heterocycles. The first-order valence-corrected chi connectivity index (χ1v) is 7.16. The summed E-state index contributed by atoms with van der Waals surface area (Å²) in [4.78, 5) is 0.671. The molecule has 1 saturated heterocycles. The summed E-state index contributed by atoms with van der Waals surface area (Å²) in [6.45, 7) is 0. The fourth-order valence-electron chi connectivity index (χ4n) is 1.46. The molecule has 80 valence electrons. The number of hydrogen-bond acceptors (Lipinski definition) is 5. The van der Waals surface area contributed by atoms with E-state index < -0.39 is 21.0 Å². The van der Waals surface area contributed by atoms with Crippen molar-refractivity contribution in [3.05, 3.63) is 24.3 Å². The van der Waals surface area contributed by atoms with Gasteiger partial charge in [0.2, 0.25) is 0 Å². The molecule has 0 saturated carbocycles. The Morgan fingerprint density at radius 1 is 1.20 bits per heavy atom. The molecule has 0 atom stereocenters. The lowest BCUT2D eigenvalue weighted by atomic mass is 10.3. The van der Waals surface area contributed by atoms with Gasteiger partial charge < -0.3 is 5.32 Å². The van der Waals surface area contributed by atoms with E-state index >= 15 is 0 Å². The Labute approximate surface area is 93.4 Å². The number of para-hydroxylation sites is 1. The molecule has 1 aromatic rings. The highest BCUT2D eigenvalue weighted by atomic mass is 32.4. The van der Waals surface area contributed by atoms with Crippen LogP contribution in [0.3, 0.4) is 0 Å². The zero-order valence-electron chi connectivity index (χ0n) is 7.17. The van der Waals surface area contributed by atoms with Crippen LogP contribution in [0.2, 0.25) is 0 Å². The minimum atomic E-state index is -3.84. The van der Waals surface area contributed by atoms with Crippen molar-refractivity contribution in [1.29, 1.82) is 0 Å². The van der Waals surface area contributed by atoms with Crippen LogP contribution in [-0.2, 0) is 17.7 Å². The molecule has 1 fully saturated rings. The zero-order valence-corrected chi connectivity index (χ0v) is 9.62. The summed E-state index contributed by atoms with van der Waals surface area (Å²) in [5, 5.41) is 2.88. The van der Waals surface area contributed by atoms with Crippen molar-refractivity contribution < 1.29 is 15.7 Å². The van der Waals surface area contributed by atoms with Gasteiger partial charge in [0.25, 0.3) is 0 Å². The standard InChI is InChI=1S/C7H5NO4S3/c9-15(10)11-14(12-15)6-4-2-1-3-5(6)8-7(14)13/h1-4H,(H,8,13). The van der Waals surface area contributed by atoms with Gasteiger partial charge in [-0.3, -0.25) is 0 Å². The van der Waals surface area contributed by atoms with Crippen molar-refractivity contribution in [2.75, 3.05) is 5.32 Å². The molecule has 2 aliphatic rings. The summed E-state index contributed by atoms with van der Waals surface area (Å²) in [7, 11) is -6.21. The van der Waals surface area contributed by atoms with Crippen LogP contribution in [0.5, 0.6) is 0 Å². The van der Waals surface area contributed by atoms with Gasteiger partial charge in [-0.05, 0) is 24.4 Å². The number of benzene rings is 1. The van der Waals surface area contributed by atoms with Crippen molar-refractivity contribution in [3.8, 4) is 0 Å². The van der Waals surface area contributed by atoms with Gasteiger partial charge in [0.15, 0.2) is 4.32 Å². The van der Waals surface area contributed by atoms with E-state index in [0.717, 1.165) is 5.69 Å². The van der Waals surface area contributed by atoms with Crippen molar-refractivity contribution in [2.24, 2.45) is 0 Å². The summed E-state index contributed by atoms with van der Waals surface area (Å²) in [6, 6.07) is 7.13. The molecule has 1 N–H and O–H groups in total. The largest absolute Gasteiger partial charge is 0.438 e. The number of rotatable bonds is 0. The van der Waals surface area contributed by atoms with Crippen molar-refractivity contribution >= 4 is 43.2 Å². The van der Waals surface area contributed by atoms with Crippen LogP contribution in [0.1, 0.15) is 0 Å². The van der Waals surface area contributed by atoms with Crippen LogP contribution in [0.15, 0.2) is 29.2 Å². The quantitative estimate of drug-likeness (QED) is 0.567. The van der Waals surface area contributed by atoms with Crippen LogP contribution < -0.4 is 5.32 Å². The van der Waals surface area contributed by atoms with Gasteiger partial charge in [-0.1, -0.05) is 22.7 Å². The summed E-state index contributed by atoms with van der Waals surface area (Å²) in [5.74, 6) is 0. The van der Waals surface area contributed by atoms with E-state index in [1.807, 2.05) is 6.07 Å². The first-order valence-electron chi connectivity index (χ1n) is 3.94. The second-order valence-corrected chi connectivity index (χ2v) is 7.38. The molecule has 5 nitrogen and oxygen atoms in total. The first-order chi connectivity index (χ1) is 7.04. The number of hydrogen-bond donors (Lipinski definition) is 1. The first kappa shape index (κ1) is 9.55. The molecule has 2 heterocycles. The lowest BCUT2D eigenvalue weighted by Gasteiger charge is -2.42. The molecule has 0 aliphatic carbocycles. The van der Waals surface area contributed by atoms with Crippen molar-refractivity contribution in [2.45, 2.75) is 4.90 Å². The van der Waals surface area contributed by atoms with Gasteiger partial charge in [-0.25, -0.2) is 0 Å². The third-order valence-electron chi connectivity index (χ3n) is 2.02. The van der Waals surface area contributed by atoms with Gasteiger partial charge in [0.05, 0.1) is 10.6 Å². The third kappa shape index (κ3) is 1.16. The van der Waals surface area contributed by atoms with Crippen LogP contribution in [0.25, 0.3) is 0 Å². The van der Waals surface area contributed by atoms with E-state index in [-0.39, 0.29) is 0 Å². The average Bonchev–Trinajstić information content (AvgIpc) is 2.39. The maximum atomic E-state index is 10.9. The average molecular weight is 263 g/mol. The van der Waals surface area contributed by atoms with Gasteiger partial charge >= 0.3 is 10.4 Å². The molecule has 1 spiro atoms. The highest BCUT2D eigenvalue weighted by molar-refractivity contribution is 8.51. The normalized spacial score (nSPS) is 26.5. The zero-order chi connectivity index (χ0) is 10.7. The van der Waals surface area contributed by atoms with Crippen molar-refractivity contribution in [3.63, 3.8) is 0 Å². The van der Waals surface area contributed by atoms with Crippen LogP contribution in [0.4, 0.5) is 5.69 Å². The molecule has 0 amide bonds. The molecular formula is C7H5NO4S3. The van der Waals surface area contributed by atoms with E-state index in [0.29, 0.717) is 9.22 Å². The van der Waals surface area contributed by atoms with Crippen molar-refractivity contribution in [1.82, 2.24) is 0 Å². The lowest BCUT2D eigenvalue weighted by Crippen LogP contribution is -2.32. The minimum Gasteiger partial charge on any atom is -0.331 e. The Morgan fingerprint density at radius 2 is 1.87 bits per heavy atom. The Kier molecular flexibility index (Phi) is 1.73. The lowest BCUT2D eigenvalue weighted by molar-refractivity contribution is 0.352. The topological polar surface area (TPSA) is 64.6 Å².